The van der Waals surface area contributed by atoms with Crippen molar-refractivity contribution in [3.05, 3.63) is 29.3 Å². The van der Waals surface area contributed by atoms with Crippen LogP contribution in [0.25, 0.3) is 0 Å². The van der Waals surface area contributed by atoms with E-state index >= 15 is 0 Å². The maximum Gasteiger partial charge on any atom is 0.236 e. The fourth-order valence-electron chi connectivity index (χ4n) is 2.26. The van der Waals surface area contributed by atoms with Crippen molar-refractivity contribution >= 4 is 34.7 Å². The third-order valence-electron chi connectivity index (χ3n) is 3.54. The summed E-state index contributed by atoms with van der Waals surface area (Å²) in [5.41, 5.74) is 2.91. The van der Waals surface area contributed by atoms with Gasteiger partial charge in [0.05, 0.1) is 36.9 Å². The second-order valence-electron chi connectivity index (χ2n) is 5.33. The lowest BCUT2D eigenvalue weighted by Gasteiger charge is -2.23. The first kappa shape index (κ1) is 18.5. The number of hydrogen-bond acceptors (Lipinski definition) is 7. The first-order valence-corrected chi connectivity index (χ1v) is 8.75. The molecular formula is C17H18N6OS. The Bertz CT molecular complexity index is 756. The lowest BCUT2D eigenvalue weighted by atomic mass is 10.1. The van der Waals surface area contributed by atoms with E-state index in [0.717, 1.165) is 16.8 Å². The molecule has 8 heteroatoms. The highest BCUT2D eigenvalue weighted by Gasteiger charge is 2.16. The van der Waals surface area contributed by atoms with E-state index in [4.69, 9.17) is 10.5 Å². The number of nitriles is 2. The van der Waals surface area contributed by atoms with Crippen molar-refractivity contribution in [1.82, 2.24) is 5.32 Å². The van der Waals surface area contributed by atoms with Crippen molar-refractivity contribution in [3.63, 3.8) is 0 Å². The smallest absolute Gasteiger partial charge is 0.236 e. The minimum atomic E-state index is -0.0608. The van der Waals surface area contributed by atoms with Crippen LogP contribution in [0.5, 0.6) is 0 Å². The summed E-state index contributed by atoms with van der Waals surface area (Å²) < 4.78 is 0. The molecule has 25 heavy (non-hydrogen) atoms. The number of nitrogens with one attached hydrogen (secondary N) is 1. The summed E-state index contributed by atoms with van der Waals surface area (Å²) in [6, 6.07) is 10.2. The number of carbonyl (C=O) groups excluding carboxylic acids is 1. The Balaban J connectivity index is 2.09. The number of rotatable bonds is 7. The van der Waals surface area contributed by atoms with Crippen molar-refractivity contribution < 1.29 is 4.79 Å². The molecule has 1 aromatic rings. The topological polar surface area (TPSA) is 105 Å². The van der Waals surface area contributed by atoms with Crippen molar-refractivity contribution in [2.24, 2.45) is 10.2 Å². The molecular weight excluding hydrogens is 336 g/mol. The van der Waals surface area contributed by atoms with Crippen molar-refractivity contribution in [2.75, 3.05) is 23.7 Å². The van der Waals surface area contributed by atoms with Crippen LogP contribution < -0.4 is 10.2 Å². The minimum Gasteiger partial charge on any atom is -0.369 e. The molecule has 0 aliphatic carbocycles. The van der Waals surface area contributed by atoms with E-state index in [1.54, 1.807) is 6.21 Å². The molecule has 0 radical (unpaired) electrons. The number of carbonyl (C=O) groups is 1. The van der Waals surface area contributed by atoms with Gasteiger partial charge >= 0.3 is 0 Å². The second kappa shape index (κ2) is 9.45. The molecule has 1 amide bonds. The minimum absolute atomic E-state index is 0.0608. The van der Waals surface area contributed by atoms with Gasteiger partial charge in [0, 0.05) is 18.8 Å². The number of thioether (sulfide) groups is 1. The molecule has 0 bridgehead atoms. The first-order valence-electron chi connectivity index (χ1n) is 7.77. The van der Waals surface area contributed by atoms with E-state index < -0.39 is 0 Å². The van der Waals surface area contributed by atoms with Gasteiger partial charge in [-0.1, -0.05) is 17.8 Å². The molecule has 1 saturated heterocycles. The second-order valence-corrected chi connectivity index (χ2v) is 6.29. The Morgan fingerprint density at radius 2 is 2.04 bits per heavy atom. The first-order chi connectivity index (χ1) is 12.1. The highest BCUT2D eigenvalue weighted by atomic mass is 32.2. The zero-order valence-corrected chi connectivity index (χ0v) is 14.7. The van der Waals surface area contributed by atoms with E-state index in [-0.39, 0.29) is 5.91 Å². The average molecular weight is 354 g/mol. The van der Waals surface area contributed by atoms with Crippen LogP contribution in [0.2, 0.25) is 0 Å². The van der Waals surface area contributed by atoms with Gasteiger partial charge in [0.2, 0.25) is 5.91 Å². The Kier molecular flexibility index (Phi) is 7.00. The molecule has 1 N–H and O–H groups in total. The van der Waals surface area contributed by atoms with Crippen LogP contribution in [0.4, 0.5) is 5.69 Å². The van der Waals surface area contributed by atoms with Gasteiger partial charge < -0.3 is 10.2 Å². The van der Waals surface area contributed by atoms with Gasteiger partial charge in [-0.3, -0.25) is 4.79 Å². The summed E-state index contributed by atoms with van der Waals surface area (Å²) in [7, 11) is 0. The molecule has 1 aromatic carbocycles. The third-order valence-corrected chi connectivity index (χ3v) is 4.40. The summed E-state index contributed by atoms with van der Waals surface area (Å²) >= 11 is 1.33. The maximum atomic E-state index is 11.1. The summed E-state index contributed by atoms with van der Waals surface area (Å²) in [6.45, 7) is 3.15. The normalized spacial score (nSPS) is 15.2. The highest BCUT2D eigenvalue weighted by Crippen LogP contribution is 2.19. The summed E-state index contributed by atoms with van der Waals surface area (Å²) in [4.78, 5) is 13.1. The predicted octanol–water partition coefficient (Wildman–Crippen LogP) is 2.18. The van der Waals surface area contributed by atoms with Gasteiger partial charge in [-0.25, -0.2) is 0 Å². The van der Waals surface area contributed by atoms with Crippen molar-refractivity contribution in [1.29, 1.82) is 10.5 Å². The van der Waals surface area contributed by atoms with E-state index in [1.807, 2.05) is 30.0 Å². The molecule has 1 heterocycles. The number of aryl methyl sites for hydroxylation is 1. The maximum absolute atomic E-state index is 11.1. The third kappa shape index (κ3) is 5.63. The molecule has 1 aliphatic heterocycles. The van der Waals surface area contributed by atoms with Gasteiger partial charge in [-0.2, -0.15) is 15.6 Å². The van der Waals surface area contributed by atoms with E-state index in [9.17, 15) is 4.79 Å². The lowest BCUT2D eigenvalue weighted by molar-refractivity contribution is -0.116. The van der Waals surface area contributed by atoms with Crippen molar-refractivity contribution in [2.45, 2.75) is 19.8 Å². The largest absolute Gasteiger partial charge is 0.369 e. The Morgan fingerprint density at radius 3 is 2.60 bits per heavy atom. The SMILES string of the molecule is Cc1cc(N(CCC#N)CCC#N)ccc1C=N/N=C1/NC(=O)CS1. The average Bonchev–Trinajstić information content (AvgIpc) is 3.02. The highest BCUT2D eigenvalue weighted by molar-refractivity contribution is 8.15. The van der Waals surface area contributed by atoms with Gasteiger partial charge in [-0.05, 0) is 30.2 Å². The van der Waals surface area contributed by atoms with E-state index in [2.05, 4.69) is 27.7 Å². The molecule has 2 rings (SSSR count). The fourth-order valence-corrected chi connectivity index (χ4v) is 2.89. The molecule has 1 aliphatic rings. The quantitative estimate of drug-likeness (QED) is 0.597. The predicted molar refractivity (Wildman–Crippen MR) is 99.5 cm³/mol. The van der Waals surface area contributed by atoms with Crippen LogP contribution >= 0.6 is 11.8 Å². The van der Waals surface area contributed by atoms with Crippen LogP contribution in [0.1, 0.15) is 24.0 Å². The Morgan fingerprint density at radius 1 is 1.32 bits per heavy atom. The summed E-state index contributed by atoms with van der Waals surface area (Å²) in [6.07, 6.45) is 2.47. The number of nitrogens with zero attached hydrogens (tertiary/aromatic N) is 5. The Hall–Kier alpha value is -2.84. The number of amides is 1. The molecule has 1 fully saturated rings. The van der Waals surface area contributed by atoms with Gasteiger partial charge in [0.25, 0.3) is 0 Å². The fraction of sp³-hybridized carbons (Fsp3) is 0.353. The Labute approximate surface area is 151 Å². The molecule has 7 nitrogen and oxygen atoms in total. The van der Waals surface area contributed by atoms with E-state index in [0.29, 0.717) is 36.9 Å². The van der Waals surface area contributed by atoms with Crippen LogP contribution in [-0.4, -0.2) is 36.1 Å². The molecule has 128 valence electrons. The molecule has 0 unspecified atom stereocenters. The summed E-state index contributed by atoms with van der Waals surface area (Å²) in [5.74, 6) is 0.317. The molecule has 0 atom stereocenters. The lowest BCUT2D eigenvalue weighted by Crippen LogP contribution is -2.25. The van der Waals surface area contributed by atoms with Crippen LogP contribution in [0, 0.1) is 29.6 Å². The van der Waals surface area contributed by atoms with Crippen LogP contribution in [0.3, 0.4) is 0 Å². The van der Waals surface area contributed by atoms with Crippen molar-refractivity contribution in [3.8, 4) is 12.1 Å². The zero-order chi connectivity index (χ0) is 18.1. The van der Waals surface area contributed by atoms with Crippen LogP contribution in [0.15, 0.2) is 28.4 Å². The van der Waals surface area contributed by atoms with Gasteiger partial charge in [0.15, 0.2) is 5.17 Å². The van der Waals surface area contributed by atoms with Crippen LogP contribution in [-0.2, 0) is 4.79 Å². The zero-order valence-electron chi connectivity index (χ0n) is 13.9. The number of benzene rings is 1. The molecule has 0 aromatic heterocycles. The van der Waals surface area contributed by atoms with Gasteiger partial charge in [0.1, 0.15) is 0 Å². The summed E-state index contributed by atoms with van der Waals surface area (Å²) in [5, 5.41) is 28.7. The van der Waals surface area contributed by atoms with Gasteiger partial charge in [-0.15, -0.1) is 5.10 Å². The van der Waals surface area contributed by atoms with E-state index in [1.165, 1.54) is 11.8 Å². The number of hydrogen-bond donors (Lipinski definition) is 1. The number of anilines is 1. The monoisotopic (exact) mass is 354 g/mol. The molecule has 0 spiro atoms. The standard InChI is InChI=1S/C17H18N6OS/c1-13-10-15(23(8-2-6-18)9-3-7-19)5-4-14(13)11-20-22-17-21-16(24)12-25-17/h4-5,10-11H,2-3,8-9,12H2,1H3,(H,21,22,24). The number of amidine groups is 1. The molecule has 0 saturated carbocycles.